The molecule has 7 nitrogen and oxygen atoms in total. The van der Waals surface area contributed by atoms with Gasteiger partial charge in [-0.3, -0.25) is 0 Å². The van der Waals surface area contributed by atoms with Crippen LogP contribution in [0, 0.1) is 28.8 Å². The molecule has 0 spiro atoms. The van der Waals surface area contributed by atoms with Gasteiger partial charge < -0.3 is 14.6 Å². The summed E-state index contributed by atoms with van der Waals surface area (Å²) in [6.45, 7) is 2.28. The molecule has 1 aromatic heterocycles. The fourth-order valence-electron chi connectivity index (χ4n) is 3.97. The Labute approximate surface area is 222 Å². The average molecular weight is 543 g/mol. The molecule has 1 aliphatic rings. The molecule has 1 saturated heterocycles. The standard InChI is InChI=1S/C27H25F3N4O3S/c1-18(27(35,15-34-17-32-16-33-34)23-9-8-21(28)11-25(23)30)38-22-13-36-26(37-14-22)5-3-2-4-20-7-6-19(12-31)10-24(20)29/h2-11,16-18,22,26,35H,13-15H2,1H3/b4-2+,5-3+/t18-,22?,26?,27-/m1/s1. The second-order valence-corrected chi connectivity index (χ2v) is 10.3. The van der Waals surface area contributed by atoms with Crippen LogP contribution in [0.25, 0.3) is 6.08 Å². The average Bonchev–Trinajstić information content (AvgIpc) is 3.40. The van der Waals surface area contributed by atoms with Crippen LogP contribution in [-0.2, 0) is 21.6 Å². The molecule has 0 aliphatic carbocycles. The Hall–Kier alpha value is -3.43. The molecule has 2 heterocycles. The summed E-state index contributed by atoms with van der Waals surface area (Å²) in [4.78, 5) is 3.88. The van der Waals surface area contributed by atoms with E-state index in [1.807, 2.05) is 6.07 Å². The van der Waals surface area contributed by atoms with Crippen molar-refractivity contribution >= 4 is 17.8 Å². The van der Waals surface area contributed by atoms with Gasteiger partial charge in [0.15, 0.2) is 6.29 Å². The van der Waals surface area contributed by atoms with Gasteiger partial charge in [0.2, 0.25) is 0 Å². The highest BCUT2D eigenvalue weighted by Crippen LogP contribution is 2.38. The third kappa shape index (κ3) is 6.71. The van der Waals surface area contributed by atoms with Gasteiger partial charge in [0, 0.05) is 22.4 Å². The second kappa shape index (κ2) is 12.4. The lowest BCUT2D eigenvalue weighted by Crippen LogP contribution is -2.43. The fraction of sp³-hybridized carbons (Fsp3) is 0.296. The summed E-state index contributed by atoms with van der Waals surface area (Å²) in [5, 5.41) is 23.8. The van der Waals surface area contributed by atoms with Gasteiger partial charge in [-0.25, -0.2) is 22.8 Å². The summed E-state index contributed by atoms with van der Waals surface area (Å²) < 4.78 is 55.1. The Morgan fingerprint density at radius 2 is 1.97 bits per heavy atom. The van der Waals surface area contributed by atoms with E-state index in [0.29, 0.717) is 18.8 Å². The number of hydrogen-bond acceptors (Lipinski definition) is 7. The summed E-state index contributed by atoms with van der Waals surface area (Å²) in [6, 6.07) is 9.21. The van der Waals surface area contributed by atoms with Crippen molar-refractivity contribution in [3.8, 4) is 6.07 Å². The van der Waals surface area contributed by atoms with Gasteiger partial charge in [-0.15, -0.1) is 11.8 Å². The van der Waals surface area contributed by atoms with Crippen molar-refractivity contribution in [2.24, 2.45) is 0 Å². The molecule has 11 heteroatoms. The van der Waals surface area contributed by atoms with Crippen LogP contribution in [0.2, 0.25) is 0 Å². The van der Waals surface area contributed by atoms with Crippen molar-refractivity contribution in [1.82, 2.24) is 14.8 Å². The maximum Gasteiger partial charge on any atom is 0.177 e. The summed E-state index contributed by atoms with van der Waals surface area (Å²) in [5.41, 5.74) is -1.17. The predicted octanol–water partition coefficient (Wildman–Crippen LogP) is 4.59. The van der Waals surface area contributed by atoms with E-state index in [1.54, 1.807) is 31.2 Å². The third-order valence-electron chi connectivity index (χ3n) is 6.01. The van der Waals surface area contributed by atoms with Crippen LogP contribution in [0.5, 0.6) is 0 Å². The summed E-state index contributed by atoms with van der Waals surface area (Å²) in [5.74, 6) is -2.08. The molecule has 3 aromatic rings. The number of rotatable bonds is 9. The predicted molar refractivity (Wildman–Crippen MR) is 136 cm³/mol. The molecule has 4 rings (SSSR count). The molecule has 0 radical (unpaired) electrons. The quantitative estimate of drug-likeness (QED) is 0.396. The number of benzene rings is 2. The maximum atomic E-state index is 14.7. The molecule has 198 valence electrons. The Kier molecular flexibility index (Phi) is 9.01. The van der Waals surface area contributed by atoms with E-state index in [0.717, 1.165) is 12.1 Å². The monoisotopic (exact) mass is 542 g/mol. The molecule has 1 aliphatic heterocycles. The van der Waals surface area contributed by atoms with Crippen LogP contribution in [-0.4, -0.2) is 49.9 Å². The van der Waals surface area contributed by atoms with Crippen LogP contribution in [0.3, 0.4) is 0 Å². The highest BCUT2D eigenvalue weighted by Gasteiger charge is 2.41. The topological polar surface area (TPSA) is 93.2 Å². The summed E-state index contributed by atoms with van der Waals surface area (Å²) in [6.07, 6.45) is 8.68. The van der Waals surface area contributed by atoms with Crippen molar-refractivity contribution in [1.29, 1.82) is 5.26 Å². The zero-order valence-corrected chi connectivity index (χ0v) is 21.2. The number of ether oxygens (including phenoxy) is 2. The van der Waals surface area contributed by atoms with E-state index in [2.05, 4.69) is 10.1 Å². The minimum absolute atomic E-state index is 0.0432. The van der Waals surface area contributed by atoms with Crippen LogP contribution in [0.4, 0.5) is 13.2 Å². The Balaban J connectivity index is 1.36. The third-order valence-corrected chi connectivity index (χ3v) is 7.47. The van der Waals surface area contributed by atoms with Gasteiger partial charge in [-0.2, -0.15) is 10.4 Å². The number of thioether (sulfide) groups is 1. The van der Waals surface area contributed by atoms with E-state index in [4.69, 9.17) is 14.7 Å². The Bertz CT molecular complexity index is 1340. The first-order valence-electron chi connectivity index (χ1n) is 11.7. The number of aliphatic hydroxyl groups is 1. The van der Waals surface area contributed by atoms with Gasteiger partial charge in [0.25, 0.3) is 0 Å². The van der Waals surface area contributed by atoms with Crippen molar-refractivity contribution in [3.63, 3.8) is 0 Å². The minimum atomic E-state index is -1.72. The molecule has 0 saturated carbocycles. The first kappa shape index (κ1) is 27.6. The molecule has 1 N–H and O–H groups in total. The minimum Gasteiger partial charge on any atom is -0.382 e. The van der Waals surface area contributed by atoms with E-state index in [-0.39, 0.29) is 22.9 Å². The van der Waals surface area contributed by atoms with Crippen LogP contribution in [0.15, 0.2) is 67.3 Å². The number of aromatic nitrogens is 3. The molecule has 2 atom stereocenters. The molecule has 0 amide bonds. The maximum absolute atomic E-state index is 14.7. The first-order chi connectivity index (χ1) is 18.3. The van der Waals surface area contributed by atoms with E-state index >= 15 is 0 Å². The van der Waals surface area contributed by atoms with Gasteiger partial charge in [0.1, 0.15) is 35.7 Å². The molecule has 2 aromatic carbocycles. The number of allylic oxidation sites excluding steroid dienone is 2. The van der Waals surface area contributed by atoms with Crippen molar-refractivity contribution in [3.05, 3.63) is 101 Å². The normalized spacial score (nSPS) is 20.4. The van der Waals surface area contributed by atoms with Crippen molar-refractivity contribution < 1.29 is 27.8 Å². The highest BCUT2D eigenvalue weighted by atomic mass is 32.2. The van der Waals surface area contributed by atoms with Crippen LogP contribution >= 0.6 is 11.8 Å². The van der Waals surface area contributed by atoms with Crippen LogP contribution < -0.4 is 0 Å². The Morgan fingerprint density at radius 3 is 2.63 bits per heavy atom. The zero-order valence-electron chi connectivity index (χ0n) is 20.4. The summed E-state index contributed by atoms with van der Waals surface area (Å²) in [7, 11) is 0. The van der Waals surface area contributed by atoms with E-state index in [1.165, 1.54) is 53.4 Å². The van der Waals surface area contributed by atoms with E-state index < -0.39 is 34.6 Å². The molecule has 0 bridgehead atoms. The highest BCUT2D eigenvalue weighted by molar-refractivity contribution is 8.00. The number of halogens is 3. The Morgan fingerprint density at radius 1 is 1.18 bits per heavy atom. The first-order valence-corrected chi connectivity index (χ1v) is 12.7. The molecular weight excluding hydrogens is 517 g/mol. The largest absolute Gasteiger partial charge is 0.382 e. The second-order valence-electron chi connectivity index (χ2n) is 8.67. The number of nitriles is 1. The van der Waals surface area contributed by atoms with Crippen LogP contribution in [0.1, 0.15) is 23.6 Å². The lowest BCUT2D eigenvalue weighted by Gasteiger charge is -2.37. The molecular formula is C27H25F3N4O3S. The fourth-order valence-corrected chi connectivity index (χ4v) is 5.29. The molecule has 38 heavy (non-hydrogen) atoms. The van der Waals surface area contributed by atoms with Crippen molar-refractivity contribution in [2.75, 3.05) is 13.2 Å². The SMILES string of the molecule is C[C@@H](SC1COC(/C=C/C=C/c2ccc(C#N)cc2F)OC1)[C@](O)(Cn1cncn1)c1ccc(F)cc1F. The van der Waals surface area contributed by atoms with Gasteiger partial charge >= 0.3 is 0 Å². The lowest BCUT2D eigenvalue weighted by molar-refractivity contribution is -0.146. The van der Waals surface area contributed by atoms with E-state index in [9.17, 15) is 18.3 Å². The number of nitrogens with zero attached hydrogens (tertiary/aromatic N) is 4. The molecule has 0 unspecified atom stereocenters. The lowest BCUT2D eigenvalue weighted by atomic mass is 9.90. The van der Waals surface area contributed by atoms with Gasteiger partial charge in [-0.1, -0.05) is 37.3 Å². The molecule has 1 fully saturated rings. The zero-order chi connectivity index (χ0) is 27.1. The number of hydrogen-bond donors (Lipinski definition) is 1. The summed E-state index contributed by atoms with van der Waals surface area (Å²) >= 11 is 1.36. The van der Waals surface area contributed by atoms with Gasteiger partial charge in [0.05, 0.1) is 36.6 Å². The smallest absolute Gasteiger partial charge is 0.177 e. The van der Waals surface area contributed by atoms with Crippen molar-refractivity contribution in [2.45, 2.75) is 35.9 Å². The van der Waals surface area contributed by atoms with Gasteiger partial charge in [-0.05, 0) is 24.3 Å².